The Labute approximate surface area is 142 Å². The van der Waals surface area contributed by atoms with Gasteiger partial charge in [0.2, 0.25) is 0 Å². The van der Waals surface area contributed by atoms with Gasteiger partial charge < -0.3 is 20.3 Å². The van der Waals surface area contributed by atoms with Crippen molar-refractivity contribution in [1.29, 1.82) is 0 Å². The summed E-state index contributed by atoms with van der Waals surface area (Å²) in [5.74, 6) is 0.667. The second-order valence-corrected chi connectivity index (χ2v) is 8.03. The molecule has 0 amide bonds. The van der Waals surface area contributed by atoms with Gasteiger partial charge >= 0.3 is 0 Å². The van der Waals surface area contributed by atoms with Crippen molar-refractivity contribution in [3.05, 3.63) is 11.6 Å². The first-order chi connectivity index (χ1) is 10.9. The second-order valence-electron chi connectivity index (χ2n) is 7.15. The molecular weight excluding hydrogens is 310 g/mol. The maximum absolute atomic E-state index is 6.28. The van der Waals surface area contributed by atoms with E-state index in [1.807, 2.05) is 11.6 Å². The zero-order valence-electron chi connectivity index (χ0n) is 14.5. The summed E-state index contributed by atoms with van der Waals surface area (Å²) in [7, 11) is 1.78. The Balaban J connectivity index is 1.59. The first-order valence-corrected chi connectivity index (χ1v) is 9.03. The molecule has 0 spiro atoms. The molecule has 7 heteroatoms. The number of ether oxygens (including phenoxy) is 1. The minimum absolute atomic E-state index is 0.00901. The lowest BCUT2D eigenvalue weighted by Gasteiger charge is -2.57. The lowest BCUT2D eigenvalue weighted by atomic mass is 9.56. The van der Waals surface area contributed by atoms with Gasteiger partial charge in [0.05, 0.1) is 11.6 Å². The van der Waals surface area contributed by atoms with Crippen molar-refractivity contribution in [3.63, 3.8) is 0 Å². The minimum atomic E-state index is -0.106. The van der Waals surface area contributed by atoms with E-state index in [4.69, 9.17) is 15.5 Å². The number of hydrogen-bond acceptors (Lipinski definition) is 5. The van der Waals surface area contributed by atoms with Crippen LogP contribution in [0.1, 0.15) is 27.2 Å². The summed E-state index contributed by atoms with van der Waals surface area (Å²) < 4.78 is 5.67. The third-order valence-corrected chi connectivity index (χ3v) is 6.64. The lowest BCUT2D eigenvalue weighted by molar-refractivity contribution is -0.171. The molecule has 3 rings (SSSR count). The highest BCUT2D eigenvalue weighted by atomic mass is 32.1. The summed E-state index contributed by atoms with van der Waals surface area (Å²) in [4.78, 5) is 13.7. The van der Waals surface area contributed by atoms with Crippen LogP contribution in [0.4, 0.5) is 5.13 Å². The van der Waals surface area contributed by atoms with Gasteiger partial charge in [-0.05, 0) is 13.3 Å². The molecule has 6 nitrogen and oxygen atoms in total. The highest BCUT2D eigenvalue weighted by molar-refractivity contribution is 7.13. The Morgan fingerprint density at radius 1 is 1.35 bits per heavy atom. The van der Waals surface area contributed by atoms with Gasteiger partial charge in [-0.25, -0.2) is 9.98 Å². The molecule has 0 radical (unpaired) electrons. The summed E-state index contributed by atoms with van der Waals surface area (Å²) in [6.07, 6.45) is 2.78. The fourth-order valence-electron chi connectivity index (χ4n) is 3.40. The van der Waals surface area contributed by atoms with E-state index < -0.39 is 0 Å². The van der Waals surface area contributed by atoms with Gasteiger partial charge in [0.25, 0.3) is 0 Å². The molecule has 1 aromatic rings. The lowest BCUT2D eigenvalue weighted by Crippen LogP contribution is -2.63. The minimum Gasteiger partial charge on any atom is -0.378 e. The molecule has 2 heterocycles. The predicted octanol–water partition coefficient (Wildman–Crippen LogP) is 1.78. The molecule has 1 aliphatic heterocycles. The van der Waals surface area contributed by atoms with E-state index in [-0.39, 0.29) is 17.1 Å². The van der Waals surface area contributed by atoms with Gasteiger partial charge in [0, 0.05) is 50.3 Å². The third kappa shape index (κ3) is 2.80. The number of aliphatic imine (C=N–C) groups is 1. The Morgan fingerprint density at radius 2 is 2.04 bits per heavy atom. The number of aromatic nitrogens is 1. The smallest absolute Gasteiger partial charge is 0.191 e. The summed E-state index contributed by atoms with van der Waals surface area (Å²) >= 11 is 1.69. The number of thiazole rings is 1. The summed E-state index contributed by atoms with van der Waals surface area (Å²) in [6.45, 7) is 10.2. The zero-order valence-corrected chi connectivity index (χ0v) is 15.3. The largest absolute Gasteiger partial charge is 0.378 e. The molecule has 1 saturated heterocycles. The first-order valence-electron chi connectivity index (χ1n) is 8.15. The molecule has 2 fully saturated rings. The number of methoxy groups -OCH3 is 1. The van der Waals surface area contributed by atoms with Gasteiger partial charge in [0.15, 0.2) is 11.1 Å². The highest BCUT2D eigenvalue weighted by Gasteiger charge is 2.58. The van der Waals surface area contributed by atoms with Gasteiger partial charge in [0.1, 0.15) is 0 Å². The molecule has 2 atom stereocenters. The quantitative estimate of drug-likeness (QED) is 0.673. The van der Waals surface area contributed by atoms with E-state index in [0.717, 1.165) is 37.7 Å². The van der Waals surface area contributed by atoms with E-state index in [1.165, 1.54) is 0 Å². The molecule has 2 unspecified atom stereocenters. The number of nitrogens with two attached hydrogens (primary N) is 1. The Bertz CT molecular complexity index is 565. The number of nitrogens with zero attached hydrogens (tertiary/aromatic N) is 4. The molecule has 0 aromatic carbocycles. The van der Waals surface area contributed by atoms with Crippen molar-refractivity contribution >= 4 is 22.4 Å². The summed E-state index contributed by atoms with van der Waals surface area (Å²) in [5, 5.41) is 3.11. The molecule has 2 aliphatic rings. The summed E-state index contributed by atoms with van der Waals surface area (Å²) in [5.41, 5.74) is 6.18. The van der Waals surface area contributed by atoms with Crippen molar-refractivity contribution in [2.45, 2.75) is 38.8 Å². The van der Waals surface area contributed by atoms with Crippen LogP contribution in [0.25, 0.3) is 0 Å². The average molecular weight is 337 g/mol. The van der Waals surface area contributed by atoms with Crippen molar-refractivity contribution in [3.8, 4) is 0 Å². The van der Waals surface area contributed by atoms with E-state index in [1.54, 1.807) is 18.4 Å². The van der Waals surface area contributed by atoms with Crippen LogP contribution < -0.4 is 10.6 Å². The van der Waals surface area contributed by atoms with Gasteiger partial charge in [-0.15, -0.1) is 11.3 Å². The van der Waals surface area contributed by atoms with Crippen LogP contribution in [0, 0.1) is 5.41 Å². The summed E-state index contributed by atoms with van der Waals surface area (Å²) in [6, 6.07) is 0.226. The Hall–Kier alpha value is -1.34. The first kappa shape index (κ1) is 16.5. The number of hydrogen-bond donors (Lipinski definition) is 1. The van der Waals surface area contributed by atoms with Crippen LogP contribution in [0.3, 0.4) is 0 Å². The van der Waals surface area contributed by atoms with Crippen molar-refractivity contribution < 1.29 is 4.74 Å². The van der Waals surface area contributed by atoms with E-state index in [9.17, 15) is 0 Å². The highest BCUT2D eigenvalue weighted by Crippen LogP contribution is 2.53. The standard InChI is InChI=1S/C16H27N5OS/c1-15(2)12(11-16(15,3)22-4)19-13(17)20-6-8-21(9-7-20)14-18-5-10-23-14/h5,10,12H,6-9,11H2,1-4H3,(H2,17,19). The van der Waals surface area contributed by atoms with E-state index in [2.05, 4.69) is 35.6 Å². The molecule has 1 aliphatic carbocycles. The predicted molar refractivity (Wildman–Crippen MR) is 95.1 cm³/mol. The monoisotopic (exact) mass is 337 g/mol. The maximum Gasteiger partial charge on any atom is 0.191 e. The van der Waals surface area contributed by atoms with Gasteiger partial charge in [-0.1, -0.05) is 13.8 Å². The van der Waals surface area contributed by atoms with Gasteiger partial charge in [-0.2, -0.15) is 0 Å². The fourth-order valence-corrected chi connectivity index (χ4v) is 4.10. The van der Waals surface area contributed by atoms with Gasteiger partial charge in [-0.3, -0.25) is 0 Å². The van der Waals surface area contributed by atoms with Crippen LogP contribution in [-0.4, -0.2) is 60.8 Å². The SMILES string of the molecule is COC1(C)CC(N=C(N)N2CCN(c3nccs3)CC2)C1(C)C. The average Bonchev–Trinajstić information content (AvgIpc) is 3.08. The van der Waals surface area contributed by atoms with E-state index in [0.29, 0.717) is 5.96 Å². The molecule has 128 valence electrons. The molecule has 1 saturated carbocycles. The molecule has 0 bridgehead atoms. The molecule has 23 heavy (non-hydrogen) atoms. The number of rotatable bonds is 3. The molecule has 1 aromatic heterocycles. The van der Waals surface area contributed by atoms with Crippen LogP contribution in [0.5, 0.6) is 0 Å². The third-order valence-electron chi connectivity index (χ3n) is 5.81. The van der Waals surface area contributed by atoms with Crippen molar-refractivity contribution in [1.82, 2.24) is 9.88 Å². The van der Waals surface area contributed by atoms with E-state index >= 15 is 0 Å². The van der Waals surface area contributed by atoms with Crippen LogP contribution >= 0.6 is 11.3 Å². The fraction of sp³-hybridized carbons (Fsp3) is 0.750. The van der Waals surface area contributed by atoms with Crippen LogP contribution in [0.2, 0.25) is 0 Å². The number of guanidine groups is 1. The molecular formula is C16H27N5OS. The maximum atomic E-state index is 6.28. The zero-order chi connectivity index (χ0) is 16.7. The van der Waals surface area contributed by atoms with Crippen LogP contribution in [0.15, 0.2) is 16.6 Å². The number of piperazine rings is 1. The van der Waals surface area contributed by atoms with Crippen molar-refractivity contribution in [2.24, 2.45) is 16.1 Å². The molecule has 2 N–H and O–H groups in total. The van der Waals surface area contributed by atoms with Crippen LogP contribution in [-0.2, 0) is 4.74 Å². The van der Waals surface area contributed by atoms with Crippen molar-refractivity contribution in [2.75, 3.05) is 38.2 Å². The Kier molecular flexibility index (Phi) is 4.27. The number of anilines is 1. The topological polar surface area (TPSA) is 67.0 Å². The normalized spacial score (nSPS) is 31.1. The second kappa shape index (κ2) is 5.94. The Morgan fingerprint density at radius 3 is 2.57 bits per heavy atom.